The Hall–Kier alpha value is -2.83. The molecule has 0 bridgehead atoms. The lowest BCUT2D eigenvalue weighted by atomic mass is 10.1. The molecule has 4 heterocycles. The molecule has 0 aromatic carbocycles. The normalized spacial score (nSPS) is 13.0. The van der Waals surface area contributed by atoms with Crippen molar-refractivity contribution in [3.8, 4) is 11.6 Å². The fraction of sp³-hybridized carbons (Fsp3) is 0.391. The van der Waals surface area contributed by atoms with Crippen molar-refractivity contribution in [2.24, 2.45) is 0 Å². The number of amides is 1. The maximum Gasteiger partial charge on any atom is 0.263 e. The molecule has 0 fully saturated rings. The molecule has 3 N–H and O–H groups in total. The predicted molar refractivity (Wildman–Crippen MR) is 138 cm³/mol. The van der Waals surface area contributed by atoms with Gasteiger partial charge < -0.3 is 30.2 Å². The summed E-state index contributed by atoms with van der Waals surface area (Å²) in [5.41, 5.74) is 2.40. The summed E-state index contributed by atoms with van der Waals surface area (Å²) in [6.45, 7) is 2.21. The highest BCUT2D eigenvalue weighted by molar-refractivity contribution is 5.94. The van der Waals surface area contributed by atoms with Crippen LogP contribution in [0.3, 0.4) is 0 Å². The van der Waals surface area contributed by atoms with Crippen LogP contribution in [0.4, 0.5) is 10.2 Å². The Balaban J connectivity index is 0.00000228. The van der Waals surface area contributed by atoms with Crippen LogP contribution in [0.2, 0.25) is 0 Å². The zero-order chi connectivity index (χ0) is 23.9. The maximum atomic E-state index is 14.4. The van der Waals surface area contributed by atoms with Crippen LogP contribution in [-0.4, -0.2) is 67.4 Å². The van der Waals surface area contributed by atoms with E-state index in [9.17, 15) is 9.18 Å². The quantitative estimate of drug-likeness (QED) is 0.313. The second kappa shape index (κ2) is 14.0. The zero-order valence-corrected chi connectivity index (χ0v) is 21.5. The van der Waals surface area contributed by atoms with Crippen molar-refractivity contribution >= 4 is 47.6 Å². The van der Waals surface area contributed by atoms with Gasteiger partial charge in [-0.3, -0.25) is 9.78 Å². The smallest absolute Gasteiger partial charge is 0.263 e. The Morgan fingerprint density at radius 1 is 1.14 bits per heavy atom. The van der Waals surface area contributed by atoms with Gasteiger partial charge in [0.2, 0.25) is 5.88 Å². The van der Waals surface area contributed by atoms with Gasteiger partial charge in [0.05, 0.1) is 36.1 Å². The second-order valence-electron chi connectivity index (χ2n) is 7.73. The van der Waals surface area contributed by atoms with Crippen molar-refractivity contribution in [2.75, 3.05) is 45.8 Å². The maximum absolute atomic E-state index is 14.4. The number of halogens is 3. The Morgan fingerprint density at radius 3 is 2.72 bits per heavy atom. The molecule has 1 atom stereocenters. The minimum Gasteiger partial charge on any atom is -0.481 e. The lowest BCUT2D eigenvalue weighted by Gasteiger charge is -2.19. The number of nitrogens with zero attached hydrogens (tertiary/aromatic N) is 3. The summed E-state index contributed by atoms with van der Waals surface area (Å²) in [5, 5.41) is 9.31. The topological polar surface area (TPSA) is 120 Å². The molecule has 1 aliphatic rings. The lowest BCUT2D eigenvalue weighted by Crippen LogP contribution is -2.37. The minimum atomic E-state index is -0.390. The van der Waals surface area contributed by atoms with Crippen LogP contribution in [-0.2, 0) is 22.5 Å². The van der Waals surface area contributed by atoms with Crippen molar-refractivity contribution in [3.63, 3.8) is 0 Å². The number of pyridine rings is 3. The van der Waals surface area contributed by atoms with Gasteiger partial charge >= 0.3 is 0 Å². The largest absolute Gasteiger partial charge is 0.481 e. The molecule has 1 unspecified atom stereocenters. The minimum absolute atomic E-state index is 0. The molecular weight excluding hydrogens is 514 g/mol. The summed E-state index contributed by atoms with van der Waals surface area (Å²) in [4.78, 5) is 24.3. The number of anilines is 1. The van der Waals surface area contributed by atoms with Gasteiger partial charge in [-0.15, -0.1) is 24.8 Å². The molecule has 10 nitrogen and oxygen atoms in total. The SMILES string of the molecule is COc1ccc2ncc(F)c(CCNCC(CNCc3ccc4c(n3)NC(=O)CO4)OC)c2n1.Cl.Cl. The Labute approximate surface area is 220 Å². The number of carbonyl (C=O) groups is 1. The summed E-state index contributed by atoms with van der Waals surface area (Å²) >= 11 is 0. The van der Waals surface area contributed by atoms with E-state index < -0.39 is 0 Å². The summed E-state index contributed by atoms with van der Waals surface area (Å²) in [6, 6.07) is 7.11. The van der Waals surface area contributed by atoms with Gasteiger partial charge in [-0.1, -0.05) is 0 Å². The zero-order valence-electron chi connectivity index (χ0n) is 19.9. The third-order valence-corrected chi connectivity index (χ3v) is 5.42. The molecule has 4 rings (SSSR count). The number of hydrogen-bond acceptors (Lipinski definition) is 9. The van der Waals surface area contributed by atoms with E-state index in [2.05, 4.69) is 30.9 Å². The number of carbonyl (C=O) groups excluding carboxylic acids is 1. The van der Waals surface area contributed by atoms with Crippen molar-refractivity contribution in [1.82, 2.24) is 25.6 Å². The average Bonchev–Trinajstić information content (AvgIpc) is 2.85. The first kappa shape index (κ1) is 29.4. The molecule has 196 valence electrons. The number of aromatic nitrogens is 3. The molecule has 13 heteroatoms. The lowest BCUT2D eigenvalue weighted by molar-refractivity contribution is -0.118. The number of rotatable bonds is 11. The standard InChI is InChI=1S/C23H27FN6O4.2ClH/c1-32-15(11-26-9-14-3-5-19-23(28-14)29-20(31)13-34-19)10-25-8-7-16-17(24)12-27-18-4-6-21(33-2)30-22(16)18;;/h3-6,12,15,25-26H,7-11,13H2,1-2H3,(H,28,29,31);2*1H. The van der Waals surface area contributed by atoms with Crippen LogP contribution in [0.25, 0.3) is 11.0 Å². The molecule has 0 saturated heterocycles. The third kappa shape index (κ3) is 7.34. The van der Waals surface area contributed by atoms with Crippen molar-refractivity contribution in [3.05, 3.63) is 47.5 Å². The summed E-state index contributed by atoms with van der Waals surface area (Å²) in [7, 11) is 3.17. The van der Waals surface area contributed by atoms with E-state index in [0.29, 0.717) is 66.6 Å². The number of nitrogens with one attached hydrogen (secondary N) is 3. The van der Waals surface area contributed by atoms with Crippen LogP contribution in [0.5, 0.6) is 11.6 Å². The first-order valence-corrected chi connectivity index (χ1v) is 10.9. The fourth-order valence-electron chi connectivity index (χ4n) is 3.61. The molecule has 0 aliphatic carbocycles. The second-order valence-corrected chi connectivity index (χ2v) is 7.73. The summed E-state index contributed by atoms with van der Waals surface area (Å²) in [6.07, 6.45) is 1.57. The van der Waals surface area contributed by atoms with Gasteiger partial charge in [0.1, 0.15) is 5.82 Å². The van der Waals surface area contributed by atoms with E-state index in [4.69, 9.17) is 14.2 Å². The monoisotopic (exact) mass is 542 g/mol. The molecule has 3 aromatic rings. The van der Waals surface area contributed by atoms with Crippen LogP contribution in [0.15, 0.2) is 30.5 Å². The van der Waals surface area contributed by atoms with Gasteiger partial charge in [0.15, 0.2) is 18.2 Å². The number of methoxy groups -OCH3 is 2. The highest BCUT2D eigenvalue weighted by atomic mass is 35.5. The van der Waals surface area contributed by atoms with Gasteiger partial charge in [-0.25, -0.2) is 14.4 Å². The molecule has 1 amide bonds. The predicted octanol–water partition coefficient (Wildman–Crippen LogP) is 2.28. The van der Waals surface area contributed by atoms with E-state index in [1.165, 1.54) is 13.3 Å². The van der Waals surface area contributed by atoms with E-state index >= 15 is 0 Å². The van der Waals surface area contributed by atoms with Gasteiger partial charge in [0.25, 0.3) is 5.91 Å². The first-order chi connectivity index (χ1) is 16.6. The van der Waals surface area contributed by atoms with E-state index in [1.54, 1.807) is 25.3 Å². The number of fused-ring (bicyclic) bond motifs is 2. The summed E-state index contributed by atoms with van der Waals surface area (Å²) < 4.78 is 30.4. The highest BCUT2D eigenvalue weighted by Crippen LogP contribution is 2.25. The van der Waals surface area contributed by atoms with Gasteiger partial charge in [0, 0.05) is 38.4 Å². The van der Waals surface area contributed by atoms with Crippen LogP contribution < -0.4 is 25.4 Å². The first-order valence-electron chi connectivity index (χ1n) is 10.9. The molecule has 0 radical (unpaired) electrons. The van der Waals surface area contributed by atoms with Gasteiger partial charge in [-0.2, -0.15) is 0 Å². The Morgan fingerprint density at radius 2 is 1.94 bits per heavy atom. The highest BCUT2D eigenvalue weighted by Gasteiger charge is 2.17. The molecule has 36 heavy (non-hydrogen) atoms. The van der Waals surface area contributed by atoms with E-state index in [0.717, 1.165) is 5.69 Å². The van der Waals surface area contributed by atoms with Crippen LogP contribution in [0.1, 0.15) is 11.3 Å². The van der Waals surface area contributed by atoms with E-state index in [1.807, 2.05) is 6.07 Å². The third-order valence-electron chi connectivity index (χ3n) is 5.42. The molecular formula is C23H29Cl2FN6O4. The van der Waals surface area contributed by atoms with Crippen molar-refractivity contribution in [1.29, 1.82) is 0 Å². The molecule has 1 aliphatic heterocycles. The van der Waals surface area contributed by atoms with Crippen LogP contribution >= 0.6 is 24.8 Å². The fourth-order valence-corrected chi connectivity index (χ4v) is 3.61. The molecule has 0 spiro atoms. The summed E-state index contributed by atoms with van der Waals surface area (Å²) in [5.74, 6) is 0.810. The average molecular weight is 543 g/mol. The number of hydrogen-bond donors (Lipinski definition) is 3. The Kier molecular flexibility index (Phi) is 11.5. The van der Waals surface area contributed by atoms with Crippen molar-refractivity contribution < 1.29 is 23.4 Å². The van der Waals surface area contributed by atoms with Crippen LogP contribution in [0, 0.1) is 5.82 Å². The van der Waals surface area contributed by atoms with Gasteiger partial charge in [-0.05, 0) is 31.2 Å². The Bertz CT molecular complexity index is 1170. The molecule has 3 aromatic heterocycles. The van der Waals surface area contributed by atoms with Crippen molar-refractivity contribution in [2.45, 2.75) is 19.1 Å². The molecule has 0 saturated carbocycles. The number of ether oxygens (including phenoxy) is 3. The van der Waals surface area contributed by atoms with E-state index in [-0.39, 0.29) is 49.2 Å².